The normalized spacial score (nSPS) is 13.1. The summed E-state index contributed by atoms with van der Waals surface area (Å²) < 4.78 is 0.965. The quantitative estimate of drug-likeness (QED) is 0.200. The molecule has 0 saturated carbocycles. The molecule has 0 bridgehead atoms. The van der Waals surface area contributed by atoms with Crippen molar-refractivity contribution in [1.82, 2.24) is 0 Å². The lowest BCUT2D eigenvalue weighted by Crippen LogP contribution is -2.25. The molecule has 0 aliphatic carbocycles. The number of carboxylic acids is 2. The first-order valence-corrected chi connectivity index (χ1v) is 15.2. The van der Waals surface area contributed by atoms with Gasteiger partial charge >= 0.3 is 11.9 Å². The van der Waals surface area contributed by atoms with Crippen molar-refractivity contribution in [2.45, 2.75) is 71.1 Å². The molecule has 0 aromatic heterocycles. The van der Waals surface area contributed by atoms with Crippen molar-refractivity contribution < 1.29 is 29.4 Å². The molecular formula is C31H41BrO6S. The Morgan fingerprint density at radius 2 is 1.28 bits per heavy atom. The van der Waals surface area contributed by atoms with Crippen LogP contribution in [0.2, 0.25) is 0 Å². The van der Waals surface area contributed by atoms with Crippen LogP contribution in [0.4, 0.5) is 0 Å². The monoisotopic (exact) mass is 620 g/mol. The smallest absolute Gasteiger partial charge is 0.307 e. The van der Waals surface area contributed by atoms with E-state index in [-0.39, 0.29) is 36.2 Å². The number of benzene rings is 2. The highest BCUT2D eigenvalue weighted by atomic mass is 79.9. The van der Waals surface area contributed by atoms with Crippen LogP contribution in [0.1, 0.15) is 64.5 Å². The minimum absolute atomic E-state index is 0.00467. The summed E-state index contributed by atoms with van der Waals surface area (Å²) in [6.07, 6.45) is 4.17. The molecular weight excluding hydrogens is 580 g/mol. The molecule has 0 amide bonds. The Hall–Kier alpha value is -2.45. The molecule has 8 heteroatoms. The van der Waals surface area contributed by atoms with E-state index in [0.29, 0.717) is 19.3 Å². The molecule has 0 fully saturated rings. The largest absolute Gasteiger partial charge is 0.481 e. The molecule has 2 N–H and O–H groups in total. The fourth-order valence-electron chi connectivity index (χ4n) is 4.12. The molecule has 0 heterocycles. The van der Waals surface area contributed by atoms with E-state index in [0.717, 1.165) is 26.9 Å². The Bertz CT molecular complexity index is 1070. The number of carbonyl (C=O) groups excluding carboxylic acids is 2. The number of carbonyl (C=O) groups is 4. The number of ketones is 2. The van der Waals surface area contributed by atoms with Crippen molar-refractivity contribution >= 4 is 51.2 Å². The van der Waals surface area contributed by atoms with Gasteiger partial charge in [-0.25, -0.2) is 0 Å². The molecule has 0 spiro atoms. The van der Waals surface area contributed by atoms with Crippen molar-refractivity contribution in [3.63, 3.8) is 0 Å². The minimum atomic E-state index is -0.876. The summed E-state index contributed by atoms with van der Waals surface area (Å²) in [5.41, 5.74) is 1.86. The van der Waals surface area contributed by atoms with Gasteiger partial charge in [-0.1, -0.05) is 74.3 Å². The average molecular weight is 622 g/mol. The first-order chi connectivity index (χ1) is 18.4. The summed E-state index contributed by atoms with van der Waals surface area (Å²) in [4.78, 5) is 47.4. The highest BCUT2D eigenvalue weighted by Crippen LogP contribution is 2.21. The van der Waals surface area contributed by atoms with E-state index in [1.807, 2.05) is 82.5 Å². The number of carboxylic acid groups (broad SMARTS) is 2. The number of Topliss-reactive ketones (excluding diaryl/α,β-unsaturated/α-hetero) is 2. The second-order valence-corrected chi connectivity index (χ2v) is 12.1. The first-order valence-electron chi connectivity index (χ1n) is 13.2. The van der Waals surface area contributed by atoms with Crippen LogP contribution in [0.3, 0.4) is 0 Å². The van der Waals surface area contributed by atoms with Gasteiger partial charge in [0, 0.05) is 35.1 Å². The number of halogens is 1. The van der Waals surface area contributed by atoms with E-state index >= 15 is 0 Å². The third-order valence-corrected chi connectivity index (χ3v) is 7.82. The molecule has 3 atom stereocenters. The maximum atomic E-state index is 12.0. The Kier molecular flexibility index (Phi) is 16.0. The molecule has 0 aliphatic heterocycles. The van der Waals surface area contributed by atoms with Gasteiger partial charge in [-0.05, 0) is 59.9 Å². The zero-order valence-electron chi connectivity index (χ0n) is 23.5. The predicted octanol–water partition coefficient (Wildman–Crippen LogP) is 7.35. The third kappa shape index (κ3) is 14.0. The fraction of sp³-hybridized carbons (Fsp3) is 0.484. The Labute approximate surface area is 245 Å². The zero-order valence-corrected chi connectivity index (χ0v) is 25.9. The van der Waals surface area contributed by atoms with E-state index in [9.17, 15) is 19.2 Å². The minimum Gasteiger partial charge on any atom is -0.481 e. The Balaban J connectivity index is 0.000000391. The van der Waals surface area contributed by atoms with Crippen molar-refractivity contribution in [2.75, 3.05) is 6.26 Å². The van der Waals surface area contributed by atoms with Gasteiger partial charge in [0.25, 0.3) is 0 Å². The predicted molar refractivity (Wildman–Crippen MR) is 160 cm³/mol. The lowest BCUT2D eigenvalue weighted by Gasteiger charge is -2.17. The summed E-state index contributed by atoms with van der Waals surface area (Å²) >= 11 is 4.99. The molecule has 39 heavy (non-hydrogen) atoms. The number of hydrogen-bond acceptors (Lipinski definition) is 5. The van der Waals surface area contributed by atoms with Gasteiger partial charge in [-0.15, -0.1) is 11.8 Å². The molecule has 0 unspecified atom stereocenters. The average Bonchev–Trinajstić information content (AvgIpc) is 2.88. The molecule has 0 aliphatic rings. The van der Waals surface area contributed by atoms with Crippen molar-refractivity contribution in [3.8, 4) is 0 Å². The topological polar surface area (TPSA) is 109 Å². The molecule has 2 rings (SSSR count). The lowest BCUT2D eigenvalue weighted by molar-refractivity contribution is -0.145. The summed E-state index contributed by atoms with van der Waals surface area (Å²) in [6, 6.07) is 15.3. The molecule has 2 aromatic rings. The van der Waals surface area contributed by atoms with Gasteiger partial charge in [0.1, 0.15) is 11.6 Å². The first kappa shape index (κ1) is 34.6. The summed E-state index contributed by atoms with van der Waals surface area (Å²) in [6.45, 7) is 7.77. The maximum absolute atomic E-state index is 12.0. The van der Waals surface area contributed by atoms with Crippen molar-refractivity contribution in [3.05, 3.63) is 64.1 Å². The van der Waals surface area contributed by atoms with E-state index in [1.165, 1.54) is 0 Å². The molecule has 0 saturated heterocycles. The molecule has 6 nitrogen and oxygen atoms in total. The van der Waals surface area contributed by atoms with E-state index in [2.05, 4.69) is 15.9 Å². The van der Waals surface area contributed by atoms with Gasteiger partial charge in [0.2, 0.25) is 0 Å². The number of hydrogen-bond donors (Lipinski definition) is 2. The van der Waals surface area contributed by atoms with Crippen LogP contribution >= 0.6 is 27.7 Å². The zero-order chi connectivity index (χ0) is 29.5. The number of thioether (sulfide) groups is 1. The van der Waals surface area contributed by atoms with Crippen LogP contribution in [-0.4, -0.2) is 40.0 Å². The molecule has 0 radical (unpaired) electrons. The van der Waals surface area contributed by atoms with Crippen molar-refractivity contribution in [1.29, 1.82) is 0 Å². The maximum Gasteiger partial charge on any atom is 0.307 e. The van der Waals surface area contributed by atoms with Gasteiger partial charge < -0.3 is 10.2 Å². The summed E-state index contributed by atoms with van der Waals surface area (Å²) in [5, 5.41) is 18.3. The second kappa shape index (κ2) is 18.0. The Morgan fingerprint density at radius 1 is 0.795 bits per heavy atom. The van der Waals surface area contributed by atoms with E-state index in [4.69, 9.17) is 10.2 Å². The third-order valence-electron chi connectivity index (χ3n) is 6.55. The molecule has 214 valence electrons. The van der Waals surface area contributed by atoms with Crippen LogP contribution in [0, 0.1) is 23.7 Å². The van der Waals surface area contributed by atoms with Crippen LogP contribution in [0.15, 0.2) is 57.9 Å². The van der Waals surface area contributed by atoms with Crippen LogP contribution < -0.4 is 0 Å². The van der Waals surface area contributed by atoms with Gasteiger partial charge in [0.15, 0.2) is 0 Å². The van der Waals surface area contributed by atoms with Crippen LogP contribution in [-0.2, 0) is 32.0 Å². The van der Waals surface area contributed by atoms with Gasteiger partial charge in [-0.2, -0.15) is 0 Å². The van der Waals surface area contributed by atoms with Crippen LogP contribution in [0.25, 0.3) is 0 Å². The fourth-order valence-corrected chi connectivity index (χ4v) is 4.79. The molecule has 2 aromatic carbocycles. The lowest BCUT2D eigenvalue weighted by atomic mass is 9.86. The summed E-state index contributed by atoms with van der Waals surface area (Å²) in [7, 11) is 0. The standard InChI is InChI=1S/C16H22O3S.C15H19BrO3/c1-11(2)8-13(16(18)19)10-14(17)9-12-4-6-15(20-3)7-5-12;1-3-10(2)14(15(18)19)9-13(17)8-11-4-6-12(16)7-5-11/h4-7,11,13H,8-10H2,1-3H3,(H,18,19);4-7,10,14H,3,8-9H2,1-2H3,(H,18,19)/t13-;10-,14+/m10/s1. The van der Waals surface area contributed by atoms with Gasteiger partial charge in [-0.3, -0.25) is 19.2 Å². The van der Waals surface area contributed by atoms with Crippen LogP contribution in [0.5, 0.6) is 0 Å². The Morgan fingerprint density at radius 3 is 1.69 bits per heavy atom. The second-order valence-electron chi connectivity index (χ2n) is 10.3. The number of rotatable bonds is 15. The van der Waals surface area contributed by atoms with E-state index in [1.54, 1.807) is 11.8 Å². The van der Waals surface area contributed by atoms with E-state index < -0.39 is 23.8 Å². The summed E-state index contributed by atoms with van der Waals surface area (Å²) in [5.74, 6) is -2.61. The van der Waals surface area contributed by atoms with Crippen molar-refractivity contribution in [2.24, 2.45) is 23.7 Å². The van der Waals surface area contributed by atoms with Gasteiger partial charge in [0.05, 0.1) is 11.8 Å². The highest BCUT2D eigenvalue weighted by Gasteiger charge is 2.26. The number of aliphatic carboxylic acids is 2. The highest BCUT2D eigenvalue weighted by molar-refractivity contribution is 9.10. The SMILES string of the molecule is CC[C@H](C)[C@@H](CC(=O)Cc1ccc(Br)cc1)C(=O)O.CSc1ccc(CC(=O)C[C@@H](CC(C)C)C(=O)O)cc1.